The highest BCUT2D eigenvalue weighted by Gasteiger charge is 2.05. The maximum Gasteiger partial charge on any atom is 0.224 e. The third kappa shape index (κ3) is 4.49. The maximum atomic E-state index is 11.5. The van der Waals surface area contributed by atoms with Crippen LogP contribution < -0.4 is 10.1 Å². The SMILES string of the molecule is C=C(Cl)CNC(=O)Cc1ccc(C)c(OC)c1. The number of methoxy groups -OCH3 is 1. The summed E-state index contributed by atoms with van der Waals surface area (Å²) in [7, 11) is 1.61. The first kappa shape index (κ1) is 13.6. The summed E-state index contributed by atoms with van der Waals surface area (Å²) in [6, 6.07) is 5.71. The van der Waals surface area contributed by atoms with Crippen molar-refractivity contribution in [3.05, 3.63) is 40.9 Å². The van der Waals surface area contributed by atoms with Crippen molar-refractivity contribution in [2.75, 3.05) is 13.7 Å². The zero-order chi connectivity index (χ0) is 12.8. The van der Waals surface area contributed by atoms with Crippen LogP contribution in [0, 0.1) is 6.92 Å². The van der Waals surface area contributed by atoms with E-state index in [0.717, 1.165) is 16.9 Å². The Hall–Kier alpha value is -1.48. The van der Waals surface area contributed by atoms with Crippen LogP contribution in [0.1, 0.15) is 11.1 Å². The largest absolute Gasteiger partial charge is 0.496 e. The Morgan fingerprint density at radius 3 is 2.82 bits per heavy atom. The van der Waals surface area contributed by atoms with Gasteiger partial charge in [0.2, 0.25) is 5.91 Å². The molecule has 0 atom stereocenters. The maximum absolute atomic E-state index is 11.5. The topological polar surface area (TPSA) is 38.3 Å². The second-order valence-electron chi connectivity index (χ2n) is 3.77. The Bertz CT molecular complexity index is 429. The number of halogens is 1. The van der Waals surface area contributed by atoms with Gasteiger partial charge in [0.1, 0.15) is 5.75 Å². The van der Waals surface area contributed by atoms with Gasteiger partial charge >= 0.3 is 0 Å². The van der Waals surface area contributed by atoms with Gasteiger partial charge < -0.3 is 10.1 Å². The normalized spacial score (nSPS) is 9.82. The third-order valence-electron chi connectivity index (χ3n) is 2.31. The van der Waals surface area contributed by atoms with Crippen LogP contribution in [0.15, 0.2) is 29.8 Å². The average Bonchev–Trinajstić information content (AvgIpc) is 2.29. The predicted molar refractivity (Wildman–Crippen MR) is 69.4 cm³/mol. The molecule has 0 radical (unpaired) electrons. The molecule has 0 aliphatic carbocycles. The fourth-order valence-electron chi connectivity index (χ4n) is 1.42. The summed E-state index contributed by atoms with van der Waals surface area (Å²) >= 11 is 5.56. The number of hydrogen-bond donors (Lipinski definition) is 1. The summed E-state index contributed by atoms with van der Waals surface area (Å²) in [6.07, 6.45) is 0.306. The molecular formula is C13H16ClNO2. The molecule has 0 aliphatic heterocycles. The van der Waals surface area contributed by atoms with E-state index in [1.165, 1.54) is 0 Å². The molecule has 1 aromatic rings. The minimum atomic E-state index is -0.0855. The number of hydrogen-bond acceptors (Lipinski definition) is 2. The summed E-state index contributed by atoms with van der Waals surface area (Å²) < 4.78 is 5.20. The second kappa shape index (κ2) is 6.30. The van der Waals surface area contributed by atoms with E-state index in [-0.39, 0.29) is 5.91 Å². The zero-order valence-corrected chi connectivity index (χ0v) is 10.8. The number of amides is 1. The van der Waals surface area contributed by atoms with E-state index in [0.29, 0.717) is 18.0 Å². The lowest BCUT2D eigenvalue weighted by Gasteiger charge is -2.08. The van der Waals surface area contributed by atoms with Crippen molar-refractivity contribution in [3.8, 4) is 5.75 Å². The first-order valence-corrected chi connectivity index (χ1v) is 5.64. The fourth-order valence-corrected chi connectivity index (χ4v) is 1.48. The molecule has 0 saturated carbocycles. The van der Waals surface area contributed by atoms with E-state index in [9.17, 15) is 4.79 Å². The van der Waals surface area contributed by atoms with Crippen molar-refractivity contribution in [3.63, 3.8) is 0 Å². The Kier molecular flexibility index (Phi) is 5.04. The standard InChI is InChI=1S/C13H16ClNO2/c1-9-4-5-11(6-12(9)17-3)7-13(16)15-8-10(2)14/h4-6H,2,7-8H2,1,3H3,(H,15,16). The molecule has 0 heterocycles. The fraction of sp³-hybridized carbons (Fsp3) is 0.308. The Morgan fingerprint density at radius 1 is 1.53 bits per heavy atom. The molecule has 0 bridgehead atoms. The molecule has 0 saturated heterocycles. The van der Waals surface area contributed by atoms with E-state index in [1.807, 2.05) is 25.1 Å². The van der Waals surface area contributed by atoms with Crippen LogP contribution in [0.2, 0.25) is 0 Å². The van der Waals surface area contributed by atoms with Gasteiger partial charge in [-0.3, -0.25) is 4.79 Å². The van der Waals surface area contributed by atoms with Crippen LogP contribution >= 0.6 is 11.6 Å². The molecule has 92 valence electrons. The molecule has 17 heavy (non-hydrogen) atoms. The summed E-state index contributed by atoms with van der Waals surface area (Å²) in [5, 5.41) is 3.09. The highest BCUT2D eigenvalue weighted by atomic mass is 35.5. The van der Waals surface area contributed by atoms with E-state index in [4.69, 9.17) is 16.3 Å². The van der Waals surface area contributed by atoms with Gasteiger partial charge in [0.15, 0.2) is 0 Å². The molecule has 1 rings (SSSR count). The quantitative estimate of drug-likeness (QED) is 0.875. The molecule has 1 amide bonds. The number of ether oxygens (including phenoxy) is 1. The average molecular weight is 254 g/mol. The zero-order valence-electron chi connectivity index (χ0n) is 10.0. The summed E-state index contributed by atoms with van der Waals surface area (Å²) in [5.41, 5.74) is 1.95. The highest BCUT2D eigenvalue weighted by molar-refractivity contribution is 6.29. The molecular weight excluding hydrogens is 238 g/mol. The van der Waals surface area contributed by atoms with Crippen LogP contribution in [0.25, 0.3) is 0 Å². The molecule has 0 aromatic heterocycles. The summed E-state index contributed by atoms with van der Waals surface area (Å²) in [5.74, 6) is 0.703. The van der Waals surface area contributed by atoms with Crippen LogP contribution in [0.3, 0.4) is 0 Å². The van der Waals surface area contributed by atoms with E-state index >= 15 is 0 Å². The molecule has 0 fully saturated rings. The molecule has 1 N–H and O–H groups in total. The van der Waals surface area contributed by atoms with Gasteiger partial charge in [0, 0.05) is 5.03 Å². The number of aryl methyl sites for hydroxylation is 1. The smallest absolute Gasteiger partial charge is 0.224 e. The van der Waals surface area contributed by atoms with Crippen molar-refractivity contribution >= 4 is 17.5 Å². The Morgan fingerprint density at radius 2 is 2.24 bits per heavy atom. The number of carbonyl (C=O) groups is 1. The predicted octanol–water partition coefficient (Wildman–Crippen LogP) is 2.41. The minimum Gasteiger partial charge on any atom is -0.496 e. The lowest BCUT2D eigenvalue weighted by molar-refractivity contribution is -0.120. The van der Waals surface area contributed by atoms with Gasteiger partial charge in [-0.2, -0.15) is 0 Å². The Labute approximate surface area is 106 Å². The molecule has 4 heteroatoms. The van der Waals surface area contributed by atoms with Gasteiger partial charge in [-0.15, -0.1) is 0 Å². The monoisotopic (exact) mass is 253 g/mol. The number of benzene rings is 1. The molecule has 0 aliphatic rings. The van der Waals surface area contributed by atoms with Crippen LogP contribution in [-0.2, 0) is 11.2 Å². The van der Waals surface area contributed by atoms with Gasteiger partial charge in [-0.1, -0.05) is 30.3 Å². The van der Waals surface area contributed by atoms with Crippen LogP contribution in [0.4, 0.5) is 0 Å². The van der Waals surface area contributed by atoms with Gasteiger partial charge in [0.05, 0.1) is 20.1 Å². The highest BCUT2D eigenvalue weighted by Crippen LogP contribution is 2.19. The number of carbonyl (C=O) groups excluding carboxylic acids is 1. The van der Waals surface area contributed by atoms with E-state index in [1.54, 1.807) is 7.11 Å². The first-order chi connectivity index (χ1) is 8.02. The minimum absolute atomic E-state index is 0.0855. The van der Waals surface area contributed by atoms with Crippen molar-refractivity contribution in [2.45, 2.75) is 13.3 Å². The van der Waals surface area contributed by atoms with Crippen LogP contribution in [0.5, 0.6) is 5.75 Å². The van der Waals surface area contributed by atoms with Crippen molar-refractivity contribution < 1.29 is 9.53 Å². The lowest BCUT2D eigenvalue weighted by atomic mass is 10.1. The van der Waals surface area contributed by atoms with Crippen molar-refractivity contribution in [1.82, 2.24) is 5.32 Å². The molecule has 0 spiro atoms. The van der Waals surface area contributed by atoms with E-state index in [2.05, 4.69) is 11.9 Å². The molecule has 1 aromatic carbocycles. The van der Waals surface area contributed by atoms with Gasteiger partial charge in [-0.25, -0.2) is 0 Å². The Balaban J connectivity index is 2.62. The van der Waals surface area contributed by atoms with Gasteiger partial charge in [0.25, 0.3) is 0 Å². The second-order valence-corrected chi connectivity index (χ2v) is 4.31. The van der Waals surface area contributed by atoms with Crippen molar-refractivity contribution in [1.29, 1.82) is 0 Å². The summed E-state index contributed by atoms with van der Waals surface area (Å²) in [4.78, 5) is 11.5. The van der Waals surface area contributed by atoms with Crippen molar-refractivity contribution in [2.24, 2.45) is 0 Å². The number of rotatable bonds is 5. The lowest BCUT2D eigenvalue weighted by Crippen LogP contribution is -2.26. The summed E-state index contributed by atoms with van der Waals surface area (Å²) in [6.45, 7) is 5.76. The van der Waals surface area contributed by atoms with Crippen LogP contribution in [-0.4, -0.2) is 19.6 Å². The third-order valence-corrected chi connectivity index (χ3v) is 2.45. The number of nitrogens with one attached hydrogen (secondary N) is 1. The van der Waals surface area contributed by atoms with Gasteiger partial charge in [-0.05, 0) is 24.1 Å². The first-order valence-electron chi connectivity index (χ1n) is 5.26. The molecule has 3 nitrogen and oxygen atoms in total. The molecule has 0 unspecified atom stereocenters. The van der Waals surface area contributed by atoms with E-state index < -0.39 is 0 Å².